The van der Waals surface area contributed by atoms with E-state index in [4.69, 9.17) is 37.9 Å². The van der Waals surface area contributed by atoms with E-state index in [2.05, 4.69) is 0 Å². The summed E-state index contributed by atoms with van der Waals surface area (Å²) >= 11 is 0. The van der Waals surface area contributed by atoms with E-state index >= 15 is 0 Å². The van der Waals surface area contributed by atoms with Gasteiger partial charge in [-0.15, -0.1) is 0 Å². The zero-order valence-corrected chi connectivity index (χ0v) is 24.4. The van der Waals surface area contributed by atoms with E-state index in [1.807, 2.05) is 0 Å². The number of benzene rings is 2. The Morgan fingerprint density at radius 1 is 0.773 bits per heavy atom. The summed E-state index contributed by atoms with van der Waals surface area (Å²) in [6.45, 7) is 4.86. The van der Waals surface area contributed by atoms with Crippen LogP contribution in [0.4, 0.5) is 0 Å². The van der Waals surface area contributed by atoms with Crippen molar-refractivity contribution in [2.45, 2.75) is 64.8 Å². The molecule has 2 heterocycles. The molecule has 0 unspecified atom stereocenters. The van der Waals surface area contributed by atoms with Crippen LogP contribution in [0.2, 0.25) is 0 Å². The van der Waals surface area contributed by atoms with Crippen molar-refractivity contribution in [2.24, 2.45) is 0 Å². The number of rotatable bonds is 10. The highest BCUT2D eigenvalue weighted by Gasteiger charge is 2.53. The van der Waals surface area contributed by atoms with Gasteiger partial charge >= 0.3 is 23.9 Å². The van der Waals surface area contributed by atoms with E-state index in [1.54, 1.807) is 18.2 Å². The van der Waals surface area contributed by atoms with Gasteiger partial charge in [0.2, 0.25) is 12.4 Å². The fourth-order valence-electron chi connectivity index (χ4n) is 4.72. The highest BCUT2D eigenvalue weighted by molar-refractivity contribution is 6.00. The maximum atomic E-state index is 13.0. The quantitative estimate of drug-likeness (QED) is 0.233. The Kier molecular flexibility index (Phi) is 10.3. The number of Topliss-reactive ketones (excluding diaryl/α,β-unsaturated/α-hetero) is 1. The van der Waals surface area contributed by atoms with Crippen LogP contribution in [0.1, 0.15) is 43.6 Å². The Morgan fingerprint density at radius 3 is 2.05 bits per heavy atom. The third kappa shape index (κ3) is 8.16. The Labute approximate surface area is 252 Å². The van der Waals surface area contributed by atoms with E-state index in [9.17, 15) is 29.1 Å². The molecule has 1 fully saturated rings. The molecule has 0 spiro atoms. The van der Waals surface area contributed by atoms with Crippen LogP contribution in [0.25, 0.3) is 0 Å². The number of aromatic hydroxyl groups is 1. The maximum Gasteiger partial charge on any atom is 0.303 e. The Hall–Kier alpha value is -4.85. The topological polar surface area (TPSA) is 179 Å². The number of esters is 4. The number of carbonyl (C=O) groups is 5. The normalized spacial score (nSPS) is 22.2. The standard InChI is InChI=1S/C30H32O14/c1-15(31)39-14-26-27(40-16(2)32)28(41-17(3)33)29(42-18(4)34)30(44-26)43-20-6-7-21(23(36)13-20)22(35)11-19-5-8-24-25(12-19)38-10-9-37-24/h5-8,12-13,26-30,36H,9-11,14H2,1-4H3/t26-,27-,28+,29-,30-/m0/s1. The SMILES string of the molecule is CC(=O)OC[C@@H]1O[C@H](Oc2ccc(C(=O)Cc3ccc4c(c3)OCCO4)c(O)c2)[C@@H](OC(C)=O)[C@H](OC(C)=O)[C@H]1OC(C)=O. The Morgan fingerprint density at radius 2 is 1.41 bits per heavy atom. The van der Waals surface area contributed by atoms with Crippen molar-refractivity contribution in [3.8, 4) is 23.0 Å². The molecule has 14 heteroatoms. The first-order valence-electron chi connectivity index (χ1n) is 13.6. The van der Waals surface area contributed by atoms with Crippen molar-refractivity contribution >= 4 is 29.7 Å². The van der Waals surface area contributed by atoms with Gasteiger partial charge < -0.3 is 43.0 Å². The van der Waals surface area contributed by atoms with Gasteiger partial charge in [0.05, 0.1) is 5.56 Å². The van der Waals surface area contributed by atoms with Crippen molar-refractivity contribution in [1.29, 1.82) is 0 Å². The van der Waals surface area contributed by atoms with E-state index < -0.39 is 72.7 Å². The van der Waals surface area contributed by atoms with Gasteiger partial charge in [-0.3, -0.25) is 24.0 Å². The molecule has 2 aromatic rings. The minimum absolute atomic E-state index is 0.00813. The van der Waals surface area contributed by atoms with Gasteiger partial charge in [0.25, 0.3) is 0 Å². The van der Waals surface area contributed by atoms with Crippen molar-refractivity contribution in [1.82, 2.24) is 0 Å². The number of hydrogen-bond donors (Lipinski definition) is 1. The fourth-order valence-corrected chi connectivity index (χ4v) is 4.72. The van der Waals surface area contributed by atoms with E-state index in [1.165, 1.54) is 12.1 Å². The van der Waals surface area contributed by atoms with Crippen LogP contribution in [-0.4, -0.2) is 85.3 Å². The molecule has 14 nitrogen and oxygen atoms in total. The fraction of sp³-hybridized carbons (Fsp3) is 0.433. The van der Waals surface area contributed by atoms with Gasteiger partial charge in [-0.1, -0.05) is 6.07 Å². The molecule has 5 atom stereocenters. The zero-order chi connectivity index (χ0) is 32.0. The second-order valence-electron chi connectivity index (χ2n) is 9.94. The predicted molar refractivity (Wildman–Crippen MR) is 146 cm³/mol. The molecule has 2 aliphatic rings. The summed E-state index contributed by atoms with van der Waals surface area (Å²) in [7, 11) is 0. The summed E-state index contributed by atoms with van der Waals surface area (Å²) in [6.07, 6.45) is -7.01. The van der Waals surface area contributed by atoms with Gasteiger partial charge in [0, 0.05) is 40.2 Å². The van der Waals surface area contributed by atoms with E-state index in [0.717, 1.165) is 33.8 Å². The lowest BCUT2D eigenvalue weighted by atomic mass is 9.98. The number of fused-ring (bicyclic) bond motifs is 1. The molecule has 0 amide bonds. The molecule has 4 rings (SSSR count). The monoisotopic (exact) mass is 616 g/mol. The summed E-state index contributed by atoms with van der Waals surface area (Å²) in [6, 6.07) is 9.02. The predicted octanol–water partition coefficient (Wildman–Crippen LogP) is 2.05. The lowest BCUT2D eigenvalue weighted by Gasteiger charge is -2.43. The van der Waals surface area contributed by atoms with E-state index in [0.29, 0.717) is 30.3 Å². The molecule has 236 valence electrons. The first kappa shape index (κ1) is 32.1. The number of phenolic OH excluding ortho intramolecular Hbond substituents is 1. The van der Waals surface area contributed by atoms with Crippen molar-refractivity contribution in [3.63, 3.8) is 0 Å². The third-order valence-corrected chi connectivity index (χ3v) is 6.44. The number of hydrogen-bond acceptors (Lipinski definition) is 14. The third-order valence-electron chi connectivity index (χ3n) is 6.44. The second kappa shape index (κ2) is 14.1. The van der Waals surface area contributed by atoms with Crippen LogP contribution in [0.3, 0.4) is 0 Å². The molecule has 2 aliphatic heterocycles. The minimum Gasteiger partial charge on any atom is -0.507 e. The zero-order valence-electron chi connectivity index (χ0n) is 24.4. The van der Waals surface area contributed by atoms with Crippen LogP contribution in [0.15, 0.2) is 36.4 Å². The number of ketones is 1. The molecule has 0 bridgehead atoms. The molecule has 0 saturated carbocycles. The summed E-state index contributed by atoms with van der Waals surface area (Å²) < 4.78 is 44.0. The average molecular weight is 617 g/mol. The first-order valence-corrected chi connectivity index (χ1v) is 13.6. The molecule has 1 saturated heterocycles. The van der Waals surface area contributed by atoms with Crippen molar-refractivity contribution < 1.29 is 67.0 Å². The highest BCUT2D eigenvalue weighted by atomic mass is 16.7. The molecule has 0 aliphatic carbocycles. The Balaban J connectivity index is 1.57. The number of phenols is 1. The van der Waals surface area contributed by atoms with Gasteiger partial charge in [0.15, 0.2) is 29.5 Å². The molecular weight excluding hydrogens is 584 g/mol. The number of ether oxygens (including phenoxy) is 8. The summed E-state index contributed by atoms with van der Waals surface area (Å²) in [5.41, 5.74) is 0.658. The summed E-state index contributed by atoms with van der Waals surface area (Å²) in [5, 5.41) is 10.7. The lowest BCUT2D eigenvalue weighted by Crippen LogP contribution is -2.63. The maximum absolute atomic E-state index is 13.0. The largest absolute Gasteiger partial charge is 0.507 e. The average Bonchev–Trinajstić information content (AvgIpc) is 2.94. The van der Waals surface area contributed by atoms with Crippen LogP contribution >= 0.6 is 0 Å². The lowest BCUT2D eigenvalue weighted by molar-refractivity contribution is -0.288. The van der Waals surface area contributed by atoms with Crippen LogP contribution < -0.4 is 14.2 Å². The molecule has 2 aromatic carbocycles. The van der Waals surface area contributed by atoms with Gasteiger partial charge in [-0.2, -0.15) is 0 Å². The van der Waals surface area contributed by atoms with Gasteiger partial charge in [-0.05, 0) is 29.8 Å². The van der Waals surface area contributed by atoms with Crippen LogP contribution in [0.5, 0.6) is 23.0 Å². The van der Waals surface area contributed by atoms with Gasteiger partial charge in [-0.25, -0.2) is 0 Å². The van der Waals surface area contributed by atoms with E-state index in [-0.39, 0.29) is 17.7 Å². The molecule has 0 aromatic heterocycles. The second-order valence-corrected chi connectivity index (χ2v) is 9.94. The smallest absolute Gasteiger partial charge is 0.303 e. The van der Waals surface area contributed by atoms with Crippen LogP contribution in [0, 0.1) is 0 Å². The molecule has 0 radical (unpaired) electrons. The van der Waals surface area contributed by atoms with Crippen LogP contribution in [-0.2, 0) is 49.3 Å². The van der Waals surface area contributed by atoms with Crippen molar-refractivity contribution in [3.05, 3.63) is 47.5 Å². The Bertz CT molecular complexity index is 1420. The molecule has 1 N–H and O–H groups in total. The number of carbonyl (C=O) groups excluding carboxylic acids is 5. The minimum atomic E-state index is -1.51. The summed E-state index contributed by atoms with van der Waals surface area (Å²) in [5.74, 6) is -2.74. The van der Waals surface area contributed by atoms with Gasteiger partial charge in [0.1, 0.15) is 37.4 Å². The first-order chi connectivity index (χ1) is 20.9. The highest BCUT2D eigenvalue weighted by Crippen LogP contribution is 2.34. The summed E-state index contributed by atoms with van der Waals surface area (Å²) in [4.78, 5) is 60.5. The van der Waals surface area contributed by atoms with Crippen molar-refractivity contribution in [2.75, 3.05) is 19.8 Å². The molecule has 44 heavy (non-hydrogen) atoms. The molecular formula is C30H32O14.